The van der Waals surface area contributed by atoms with Gasteiger partial charge >= 0.3 is 6.18 Å². The molecule has 1 heterocycles. The topological polar surface area (TPSA) is 39.2 Å². The van der Waals surface area contributed by atoms with Crippen LogP contribution in [0.1, 0.15) is 11.3 Å². The highest BCUT2D eigenvalue weighted by Gasteiger charge is 2.31. The van der Waals surface area contributed by atoms with Crippen LogP contribution in [-0.2, 0) is 22.1 Å². The lowest BCUT2D eigenvalue weighted by atomic mass is 10.2. The summed E-state index contributed by atoms with van der Waals surface area (Å²) in [6.45, 7) is -0.126. The molecule has 17 heavy (non-hydrogen) atoms. The molecule has 0 amide bonds. The number of hydrogen-bond acceptors (Lipinski definition) is 3. The fraction of sp³-hybridized carbons (Fsp3) is 0.400. The third-order valence-corrected chi connectivity index (χ3v) is 2.24. The van der Waals surface area contributed by atoms with Gasteiger partial charge in [0.1, 0.15) is 6.61 Å². The maximum atomic E-state index is 12.3. The van der Waals surface area contributed by atoms with Crippen LogP contribution >= 0.6 is 11.6 Å². The molecule has 0 bridgehead atoms. The predicted molar refractivity (Wildman–Crippen MR) is 54.8 cm³/mol. The maximum Gasteiger partial charge on any atom is 0.417 e. The van der Waals surface area contributed by atoms with E-state index in [1.165, 1.54) is 7.11 Å². The minimum atomic E-state index is -4.49. The average Bonchev–Trinajstić information content (AvgIpc) is 2.20. The third kappa shape index (κ3) is 3.98. The molecule has 0 aliphatic carbocycles. The van der Waals surface area contributed by atoms with E-state index in [1.807, 2.05) is 0 Å². The number of alkyl halides is 3. The molecule has 0 fully saturated rings. The zero-order valence-electron chi connectivity index (χ0n) is 8.84. The lowest BCUT2D eigenvalue weighted by Gasteiger charge is -2.08. The summed E-state index contributed by atoms with van der Waals surface area (Å²) in [4.78, 5) is 14.7. The highest BCUT2D eigenvalue weighted by Crippen LogP contribution is 2.31. The molecule has 0 aliphatic rings. The van der Waals surface area contributed by atoms with Crippen molar-refractivity contribution in [2.24, 2.45) is 0 Å². The van der Waals surface area contributed by atoms with Crippen LogP contribution in [0.4, 0.5) is 13.2 Å². The van der Waals surface area contributed by atoms with Gasteiger partial charge in [0.15, 0.2) is 5.78 Å². The van der Waals surface area contributed by atoms with Gasteiger partial charge in [0, 0.05) is 13.3 Å². The second-order valence-corrected chi connectivity index (χ2v) is 3.71. The Balaban J connectivity index is 2.87. The molecule has 0 aromatic carbocycles. The van der Waals surface area contributed by atoms with Crippen molar-refractivity contribution in [2.45, 2.75) is 12.6 Å². The van der Waals surface area contributed by atoms with E-state index in [1.54, 1.807) is 0 Å². The summed E-state index contributed by atoms with van der Waals surface area (Å²) in [6, 6.07) is 0.754. The van der Waals surface area contributed by atoms with Crippen molar-refractivity contribution in [2.75, 3.05) is 13.7 Å². The van der Waals surface area contributed by atoms with Gasteiger partial charge < -0.3 is 4.74 Å². The number of methoxy groups -OCH3 is 1. The summed E-state index contributed by atoms with van der Waals surface area (Å²) in [6.07, 6.45) is -3.99. The SMILES string of the molecule is COCC(=O)Cc1ncc(C(F)(F)F)cc1Cl. The van der Waals surface area contributed by atoms with E-state index < -0.39 is 11.7 Å². The Hall–Kier alpha value is -1.14. The molecule has 7 heteroatoms. The second-order valence-electron chi connectivity index (χ2n) is 3.30. The summed E-state index contributed by atoms with van der Waals surface area (Å²) in [5.74, 6) is -0.304. The highest BCUT2D eigenvalue weighted by molar-refractivity contribution is 6.31. The molecule has 0 saturated heterocycles. The smallest absolute Gasteiger partial charge is 0.377 e. The molecule has 0 spiro atoms. The third-order valence-electron chi connectivity index (χ3n) is 1.91. The van der Waals surface area contributed by atoms with Crippen LogP contribution in [0, 0.1) is 0 Å². The molecule has 1 rings (SSSR count). The maximum absolute atomic E-state index is 12.3. The predicted octanol–water partition coefficient (Wildman–Crippen LogP) is 2.51. The van der Waals surface area contributed by atoms with Gasteiger partial charge in [-0.05, 0) is 6.07 Å². The Bertz CT molecular complexity index is 421. The Kier molecular flexibility index (Phi) is 4.47. The van der Waals surface area contributed by atoms with Gasteiger partial charge in [0.25, 0.3) is 0 Å². The number of nitrogens with zero attached hydrogens (tertiary/aromatic N) is 1. The van der Waals surface area contributed by atoms with Crippen LogP contribution in [-0.4, -0.2) is 24.5 Å². The molecule has 94 valence electrons. The molecule has 0 radical (unpaired) electrons. The van der Waals surface area contributed by atoms with Gasteiger partial charge in [-0.1, -0.05) is 11.6 Å². The molecule has 0 N–H and O–H groups in total. The van der Waals surface area contributed by atoms with Crippen molar-refractivity contribution in [3.05, 3.63) is 28.5 Å². The summed E-state index contributed by atoms with van der Waals surface area (Å²) >= 11 is 5.62. The first-order valence-corrected chi connectivity index (χ1v) is 4.94. The van der Waals surface area contributed by atoms with Gasteiger partial charge in [0.2, 0.25) is 0 Å². The first kappa shape index (κ1) is 13.9. The van der Waals surface area contributed by atoms with Crippen molar-refractivity contribution in [3.8, 4) is 0 Å². The van der Waals surface area contributed by atoms with Crippen molar-refractivity contribution >= 4 is 17.4 Å². The van der Waals surface area contributed by atoms with Gasteiger partial charge in [-0.15, -0.1) is 0 Å². The normalized spacial score (nSPS) is 11.6. The summed E-state index contributed by atoms with van der Waals surface area (Å²) in [5.41, 5.74) is -0.827. The van der Waals surface area contributed by atoms with Crippen LogP contribution in [0.15, 0.2) is 12.3 Å². The number of rotatable bonds is 4. The Morgan fingerprint density at radius 2 is 2.18 bits per heavy atom. The molecule has 0 atom stereocenters. The van der Waals surface area contributed by atoms with Crippen LogP contribution in [0.25, 0.3) is 0 Å². The number of ketones is 1. The van der Waals surface area contributed by atoms with Crippen LogP contribution in [0.2, 0.25) is 5.02 Å². The van der Waals surface area contributed by atoms with E-state index in [4.69, 9.17) is 11.6 Å². The Labute approximate surface area is 101 Å². The largest absolute Gasteiger partial charge is 0.417 e. The summed E-state index contributed by atoms with van der Waals surface area (Å²) in [7, 11) is 1.35. The van der Waals surface area contributed by atoms with E-state index in [0.29, 0.717) is 6.20 Å². The van der Waals surface area contributed by atoms with Gasteiger partial charge in [-0.2, -0.15) is 13.2 Å². The van der Waals surface area contributed by atoms with E-state index in [-0.39, 0.29) is 29.5 Å². The van der Waals surface area contributed by atoms with Crippen LogP contribution < -0.4 is 0 Å². The molecule has 0 saturated carbocycles. The first-order chi connectivity index (χ1) is 7.84. The van der Waals surface area contributed by atoms with Gasteiger partial charge in [-0.3, -0.25) is 9.78 Å². The average molecular weight is 268 g/mol. The number of ether oxygens (including phenoxy) is 1. The molecule has 3 nitrogen and oxygen atoms in total. The second kappa shape index (κ2) is 5.46. The van der Waals surface area contributed by atoms with Crippen molar-refractivity contribution in [1.82, 2.24) is 4.98 Å². The van der Waals surface area contributed by atoms with E-state index in [2.05, 4.69) is 9.72 Å². The number of halogens is 4. The molecular formula is C10H9ClF3NO2. The number of Topliss-reactive ketones (excluding diaryl/α,β-unsaturated/α-hetero) is 1. The lowest BCUT2D eigenvalue weighted by Crippen LogP contribution is -2.12. The quantitative estimate of drug-likeness (QED) is 0.841. The minimum absolute atomic E-state index is 0.113. The van der Waals surface area contributed by atoms with E-state index >= 15 is 0 Å². The minimum Gasteiger partial charge on any atom is -0.377 e. The van der Waals surface area contributed by atoms with E-state index in [9.17, 15) is 18.0 Å². The Morgan fingerprint density at radius 1 is 1.53 bits per heavy atom. The number of hydrogen-bond donors (Lipinski definition) is 0. The molecule has 1 aromatic rings. The van der Waals surface area contributed by atoms with Crippen molar-refractivity contribution in [1.29, 1.82) is 0 Å². The summed E-state index contributed by atoms with van der Waals surface area (Å²) < 4.78 is 41.5. The monoisotopic (exact) mass is 267 g/mol. The van der Waals surface area contributed by atoms with Crippen LogP contribution in [0.3, 0.4) is 0 Å². The van der Waals surface area contributed by atoms with Gasteiger partial charge in [0.05, 0.1) is 22.7 Å². The van der Waals surface area contributed by atoms with E-state index in [0.717, 1.165) is 6.07 Å². The molecule has 1 aromatic heterocycles. The zero-order valence-corrected chi connectivity index (χ0v) is 9.60. The zero-order chi connectivity index (χ0) is 13.1. The number of carbonyl (C=O) groups is 1. The molecular weight excluding hydrogens is 259 g/mol. The molecule has 0 aliphatic heterocycles. The number of pyridine rings is 1. The fourth-order valence-electron chi connectivity index (χ4n) is 1.15. The fourth-order valence-corrected chi connectivity index (χ4v) is 1.38. The van der Waals surface area contributed by atoms with Crippen molar-refractivity contribution < 1.29 is 22.7 Å². The number of carbonyl (C=O) groups excluding carboxylic acids is 1. The Morgan fingerprint density at radius 3 is 2.65 bits per heavy atom. The van der Waals surface area contributed by atoms with Crippen LogP contribution in [0.5, 0.6) is 0 Å². The highest BCUT2D eigenvalue weighted by atomic mass is 35.5. The first-order valence-electron chi connectivity index (χ1n) is 4.57. The van der Waals surface area contributed by atoms with Crippen molar-refractivity contribution in [3.63, 3.8) is 0 Å². The standard InChI is InChI=1S/C10H9ClF3NO2/c1-17-5-7(16)3-9-8(11)2-6(4-15-9)10(12,13)14/h2,4H,3,5H2,1H3. The van der Waals surface area contributed by atoms with Gasteiger partial charge in [-0.25, -0.2) is 0 Å². The number of aromatic nitrogens is 1. The summed E-state index contributed by atoms with van der Waals surface area (Å²) in [5, 5.41) is -0.177. The lowest BCUT2D eigenvalue weighted by molar-refractivity contribution is -0.137. The molecule has 0 unspecified atom stereocenters.